The first-order chi connectivity index (χ1) is 7.29. The lowest BCUT2D eigenvalue weighted by Crippen LogP contribution is -2.39. The van der Waals surface area contributed by atoms with Crippen LogP contribution in [0.5, 0.6) is 0 Å². The Labute approximate surface area is 94.1 Å². The van der Waals surface area contributed by atoms with Crippen molar-refractivity contribution in [1.29, 1.82) is 0 Å². The summed E-state index contributed by atoms with van der Waals surface area (Å²) < 4.78 is 5.64. The van der Waals surface area contributed by atoms with Crippen molar-refractivity contribution in [1.82, 2.24) is 5.32 Å². The first kappa shape index (κ1) is 12.7. The summed E-state index contributed by atoms with van der Waals surface area (Å²) >= 11 is 0. The molecule has 2 heteroatoms. The second-order valence-electron chi connectivity index (χ2n) is 4.46. The molecule has 0 spiro atoms. The SMILES string of the molecule is C=CCCC(NCCC)C1CCOC1C. The number of ether oxygens (including phenoxy) is 1. The zero-order chi connectivity index (χ0) is 11.1. The maximum atomic E-state index is 5.64. The van der Waals surface area contributed by atoms with Gasteiger partial charge in [-0.25, -0.2) is 0 Å². The third-order valence-corrected chi connectivity index (χ3v) is 3.29. The Morgan fingerprint density at radius 3 is 2.93 bits per heavy atom. The molecule has 3 atom stereocenters. The molecular formula is C13H25NO. The minimum atomic E-state index is 0.421. The summed E-state index contributed by atoms with van der Waals surface area (Å²) in [7, 11) is 0. The van der Waals surface area contributed by atoms with E-state index in [0.29, 0.717) is 18.1 Å². The maximum Gasteiger partial charge on any atom is 0.0590 e. The third-order valence-electron chi connectivity index (χ3n) is 3.29. The second kappa shape index (κ2) is 7.02. The molecule has 1 aliphatic rings. The van der Waals surface area contributed by atoms with E-state index in [1.54, 1.807) is 0 Å². The molecule has 1 aliphatic heterocycles. The predicted molar refractivity (Wildman–Crippen MR) is 65.0 cm³/mol. The van der Waals surface area contributed by atoms with Crippen LogP contribution in [0.25, 0.3) is 0 Å². The van der Waals surface area contributed by atoms with Gasteiger partial charge in [-0.3, -0.25) is 0 Å². The van der Waals surface area contributed by atoms with Gasteiger partial charge < -0.3 is 10.1 Å². The van der Waals surface area contributed by atoms with Crippen LogP contribution in [0.1, 0.15) is 39.5 Å². The number of rotatable bonds is 7. The molecule has 3 unspecified atom stereocenters. The van der Waals surface area contributed by atoms with Gasteiger partial charge in [0.25, 0.3) is 0 Å². The molecular weight excluding hydrogens is 186 g/mol. The average Bonchev–Trinajstić information content (AvgIpc) is 2.65. The molecule has 88 valence electrons. The summed E-state index contributed by atoms with van der Waals surface area (Å²) in [5.41, 5.74) is 0. The van der Waals surface area contributed by atoms with Crippen LogP contribution in [0.3, 0.4) is 0 Å². The van der Waals surface area contributed by atoms with Crippen molar-refractivity contribution in [3.05, 3.63) is 12.7 Å². The quantitative estimate of drug-likeness (QED) is 0.654. The van der Waals surface area contributed by atoms with E-state index in [1.807, 2.05) is 6.08 Å². The maximum absolute atomic E-state index is 5.64. The van der Waals surface area contributed by atoms with Gasteiger partial charge in [-0.1, -0.05) is 13.0 Å². The molecule has 0 aliphatic carbocycles. The molecule has 0 amide bonds. The minimum Gasteiger partial charge on any atom is -0.378 e. The fourth-order valence-corrected chi connectivity index (χ4v) is 2.37. The Bertz CT molecular complexity index is 181. The van der Waals surface area contributed by atoms with Crippen LogP contribution in [-0.2, 0) is 4.74 Å². The molecule has 0 bridgehead atoms. The highest BCUT2D eigenvalue weighted by molar-refractivity contribution is 4.86. The molecule has 15 heavy (non-hydrogen) atoms. The molecule has 0 aromatic heterocycles. The van der Waals surface area contributed by atoms with E-state index >= 15 is 0 Å². The molecule has 1 heterocycles. The van der Waals surface area contributed by atoms with E-state index in [4.69, 9.17) is 4.74 Å². The Hall–Kier alpha value is -0.340. The molecule has 1 N–H and O–H groups in total. The van der Waals surface area contributed by atoms with Crippen molar-refractivity contribution >= 4 is 0 Å². The van der Waals surface area contributed by atoms with Gasteiger partial charge in [0.05, 0.1) is 6.10 Å². The van der Waals surface area contributed by atoms with Gasteiger partial charge in [0.2, 0.25) is 0 Å². The normalized spacial score (nSPS) is 27.9. The largest absolute Gasteiger partial charge is 0.378 e. The van der Waals surface area contributed by atoms with E-state index in [1.165, 1.54) is 19.3 Å². The van der Waals surface area contributed by atoms with Crippen molar-refractivity contribution in [3.63, 3.8) is 0 Å². The van der Waals surface area contributed by atoms with Crippen LogP contribution in [0.15, 0.2) is 12.7 Å². The zero-order valence-corrected chi connectivity index (χ0v) is 10.2. The van der Waals surface area contributed by atoms with Crippen molar-refractivity contribution in [3.8, 4) is 0 Å². The van der Waals surface area contributed by atoms with Crippen LogP contribution in [0.2, 0.25) is 0 Å². The van der Waals surface area contributed by atoms with Gasteiger partial charge in [-0.15, -0.1) is 6.58 Å². The Morgan fingerprint density at radius 2 is 2.40 bits per heavy atom. The number of hydrogen-bond donors (Lipinski definition) is 1. The van der Waals surface area contributed by atoms with E-state index in [2.05, 4.69) is 25.7 Å². The lowest BCUT2D eigenvalue weighted by atomic mass is 9.90. The Balaban J connectivity index is 2.41. The molecule has 0 radical (unpaired) electrons. The first-order valence-corrected chi connectivity index (χ1v) is 6.25. The summed E-state index contributed by atoms with van der Waals surface area (Å²) in [5.74, 6) is 0.691. The molecule has 1 fully saturated rings. The fourth-order valence-electron chi connectivity index (χ4n) is 2.37. The summed E-state index contributed by atoms with van der Waals surface area (Å²) in [5, 5.41) is 3.65. The first-order valence-electron chi connectivity index (χ1n) is 6.25. The predicted octanol–water partition coefficient (Wildman–Crippen LogP) is 2.75. The van der Waals surface area contributed by atoms with Gasteiger partial charge in [-0.05, 0) is 39.2 Å². The van der Waals surface area contributed by atoms with Gasteiger partial charge >= 0.3 is 0 Å². The Kier molecular flexibility index (Phi) is 5.96. The summed E-state index contributed by atoms with van der Waals surface area (Å²) in [6, 6.07) is 0.612. The number of hydrogen-bond acceptors (Lipinski definition) is 2. The van der Waals surface area contributed by atoms with Crippen LogP contribution < -0.4 is 5.32 Å². The van der Waals surface area contributed by atoms with Gasteiger partial charge in [0, 0.05) is 18.6 Å². The molecule has 0 aromatic rings. The van der Waals surface area contributed by atoms with Gasteiger partial charge in [0.1, 0.15) is 0 Å². The zero-order valence-electron chi connectivity index (χ0n) is 10.2. The van der Waals surface area contributed by atoms with Gasteiger partial charge in [-0.2, -0.15) is 0 Å². The highest BCUT2D eigenvalue weighted by Crippen LogP contribution is 2.26. The third kappa shape index (κ3) is 3.96. The molecule has 1 rings (SSSR count). The van der Waals surface area contributed by atoms with Crippen molar-refractivity contribution in [2.45, 2.75) is 51.7 Å². The summed E-state index contributed by atoms with van der Waals surface area (Å²) in [4.78, 5) is 0. The second-order valence-corrected chi connectivity index (χ2v) is 4.46. The standard InChI is InChI=1S/C13H25NO/c1-4-6-7-13(14-9-5-2)12-8-10-15-11(12)3/h4,11-14H,1,5-10H2,2-3H3. The van der Waals surface area contributed by atoms with Crippen LogP contribution >= 0.6 is 0 Å². The smallest absolute Gasteiger partial charge is 0.0590 e. The van der Waals surface area contributed by atoms with E-state index in [0.717, 1.165) is 19.6 Å². The molecule has 0 aromatic carbocycles. The average molecular weight is 211 g/mol. The van der Waals surface area contributed by atoms with Crippen molar-refractivity contribution < 1.29 is 4.74 Å². The lowest BCUT2D eigenvalue weighted by molar-refractivity contribution is 0.0944. The monoisotopic (exact) mass is 211 g/mol. The number of allylic oxidation sites excluding steroid dienone is 1. The van der Waals surface area contributed by atoms with Gasteiger partial charge in [0.15, 0.2) is 0 Å². The van der Waals surface area contributed by atoms with Crippen molar-refractivity contribution in [2.24, 2.45) is 5.92 Å². The Morgan fingerprint density at radius 1 is 1.60 bits per heavy atom. The van der Waals surface area contributed by atoms with Crippen LogP contribution in [0.4, 0.5) is 0 Å². The number of nitrogens with one attached hydrogen (secondary N) is 1. The lowest BCUT2D eigenvalue weighted by Gasteiger charge is -2.26. The highest BCUT2D eigenvalue weighted by atomic mass is 16.5. The molecule has 2 nitrogen and oxygen atoms in total. The summed E-state index contributed by atoms with van der Waals surface area (Å²) in [6.07, 6.45) is 7.14. The molecule has 0 saturated carbocycles. The fraction of sp³-hybridized carbons (Fsp3) is 0.846. The topological polar surface area (TPSA) is 21.3 Å². The molecule has 1 saturated heterocycles. The van der Waals surface area contributed by atoms with E-state index in [9.17, 15) is 0 Å². The van der Waals surface area contributed by atoms with E-state index in [-0.39, 0.29) is 0 Å². The van der Waals surface area contributed by atoms with Crippen molar-refractivity contribution in [2.75, 3.05) is 13.2 Å². The van der Waals surface area contributed by atoms with E-state index < -0.39 is 0 Å². The van der Waals surface area contributed by atoms with Crippen LogP contribution in [-0.4, -0.2) is 25.3 Å². The van der Waals surface area contributed by atoms with Crippen LogP contribution in [0, 0.1) is 5.92 Å². The summed E-state index contributed by atoms with van der Waals surface area (Å²) in [6.45, 7) is 10.3. The highest BCUT2D eigenvalue weighted by Gasteiger charge is 2.30. The minimum absolute atomic E-state index is 0.421.